The summed E-state index contributed by atoms with van der Waals surface area (Å²) in [7, 11) is 1.55. The van der Waals surface area contributed by atoms with Gasteiger partial charge >= 0.3 is 0 Å². The van der Waals surface area contributed by atoms with Crippen molar-refractivity contribution < 1.29 is 9.53 Å². The number of carbonyl (C=O) groups excluding carboxylic acids is 1. The van der Waals surface area contributed by atoms with E-state index >= 15 is 0 Å². The molecule has 0 bridgehead atoms. The van der Waals surface area contributed by atoms with E-state index in [0.717, 1.165) is 16.4 Å². The molecule has 0 fully saturated rings. The average Bonchev–Trinajstić information content (AvgIpc) is 3.14. The maximum atomic E-state index is 12.2. The minimum atomic E-state index is -0.149. The zero-order chi connectivity index (χ0) is 18.4. The van der Waals surface area contributed by atoms with Crippen LogP contribution in [-0.4, -0.2) is 35.3 Å². The van der Waals surface area contributed by atoms with Gasteiger partial charge in [0.2, 0.25) is 0 Å². The smallest absolute Gasteiger partial charge is 0.255 e. The number of halogens is 1. The fourth-order valence-corrected chi connectivity index (χ4v) is 3.22. The molecule has 0 aliphatic heterocycles. The Balaban J connectivity index is 1.50. The third-order valence-electron chi connectivity index (χ3n) is 3.69. The fraction of sp³-hybridized carbons (Fsp3) is 0.158. The molecule has 5 nitrogen and oxygen atoms in total. The van der Waals surface area contributed by atoms with Gasteiger partial charge in [-0.1, -0.05) is 47.6 Å². The van der Waals surface area contributed by atoms with E-state index in [9.17, 15) is 4.79 Å². The normalized spacial score (nSPS) is 10.5. The third-order valence-corrected chi connectivity index (χ3v) is 4.83. The van der Waals surface area contributed by atoms with E-state index in [1.165, 1.54) is 0 Å². The van der Waals surface area contributed by atoms with Crippen molar-refractivity contribution in [2.75, 3.05) is 19.4 Å². The number of nitrogens with one attached hydrogen (secondary N) is 2. The second-order valence-electron chi connectivity index (χ2n) is 5.41. The van der Waals surface area contributed by atoms with Crippen molar-refractivity contribution in [2.45, 2.75) is 5.16 Å². The monoisotopic (exact) mass is 387 g/mol. The number of thioether (sulfide) groups is 1. The minimum absolute atomic E-state index is 0.149. The summed E-state index contributed by atoms with van der Waals surface area (Å²) < 4.78 is 5.20. The Morgan fingerprint density at radius 1 is 1.23 bits per heavy atom. The number of H-pyrrole nitrogens is 1. The Bertz CT molecular complexity index is 881. The molecule has 26 heavy (non-hydrogen) atoms. The lowest BCUT2D eigenvalue weighted by molar-refractivity contribution is 0.0953. The van der Waals surface area contributed by atoms with Gasteiger partial charge in [0, 0.05) is 17.3 Å². The summed E-state index contributed by atoms with van der Waals surface area (Å²) in [6.45, 7) is 0.526. The second-order valence-corrected chi connectivity index (χ2v) is 6.93. The van der Waals surface area contributed by atoms with E-state index in [0.29, 0.717) is 28.6 Å². The number of aromatic nitrogens is 2. The minimum Gasteiger partial charge on any atom is -0.496 e. The number of methoxy groups -OCH3 is 1. The molecule has 1 aromatic heterocycles. The van der Waals surface area contributed by atoms with Crippen LogP contribution in [0.15, 0.2) is 59.9 Å². The van der Waals surface area contributed by atoms with Crippen molar-refractivity contribution in [1.29, 1.82) is 0 Å². The van der Waals surface area contributed by atoms with Crippen LogP contribution in [0.5, 0.6) is 5.75 Å². The van der Waals surface area contributed by atoms with Crippen molar-refractivity contribution >= 4 is 29.3 Å². The molecule has 3 rings (SSSR count). The fourth-order valence-electron chi connectivity index (χ4n) is 2.39. The van der Waals surface area contributed by atoms with Crippen molar-refractivity contribution in [3.8, 4) is 17.0 Å². The van der Waals surface area contributed by atoms with Gasteiger partial charge in [-0.2, -0.15) is 0 Å². The predicted octanol–water partition coefficient (Wildman–Crippen LogP) is 4.26. The average molecular weight is 388 g/mol. The summed E-state index contributed by atoms with van der Waals surface area (Å²) in [4.78, 5) is 19.8. The molecular weight excluding hydrogens is 370 g/mol. The number of nitrogens with zero attached hydrogens (tertiary/aromatic N) is 1. The first-order valence-electron chi connectivity index (χ1n) is 8.02. The maximum absolute atomic E-state index is 12.2. The van der Waals surface area contributed by atoms with Crippen molar-refractivity contribution in [3.05, 3.63) is 65.3 Å². The van der Waals surface area contributed by atoms with Crippen molar-refractivity contribution in [2.24, 2.45) is 0 Å². The molecule has 0 spiro atoms. The number of ether oxygens (including phenoxy) is 1. The summed E-state index contributed by atoms with van der Waals surface area (Å²) in [6, 6.07) is 14.7. The molecule has 134 valence electrons. The van der Waals surface area contributed by atoms with E-state index in [1.807, 2.05) is 36.4 Å². The van der Waals surface area contributed by atoms with Gasteiger partial charge in [0.15, 0.2) is 5.16 Å². The Morgan fingerprint density at radius 2 is 2.00 bits per heavy atom. The highest BCUT2D eigenvalue weighted by atomic mass is 35.5. The molecule has 2 aromatic carbocycles. The number of aromatic amines is 1. The van der Waals surface area contributed by atoms with Crippen LogP contribution in [0.3, 0.4) is 0 Å². The number of hydrogen-bond donors (Lipinski definition) is 2. The number of amides is 1. The molecular formula is C19H18ClN3O2S. The number of hydrogen-bond acceptors (Lipinski definition) is 4. The summed E-state index contributed by atoms with van der Waals surface area (Å²) in [5, 5.41) is 4.40. The Morgan fingerprint density at radius 3 is 2.77 bits per heavy atom. The molecule has 0 aliphatic carbocycles. The Hall–Kier alpha value is -2.44. The molecule has 0 atom stereocenters. The first-order valence-corrected chi connectivity index (χ1v) is 9.38. The van der Waals surface area contributed by atoms with Crippen molar-refractivity contribution in [3.63, 3.8) is 0 Å². The zero-order valence-electron chi connectivity index (χ0n) is 14.2. The van der Waals surface area contributed by atoms with Gasteiger partial charge in [-0.3, -0.25) is 4.79 Å². The quantitative estimate of drug-likeness (QED) is 0.469. The standard InChI is InChI=1S/C19H18ClN3O2S/c1-25-17-5-3-2-4-15(17)18(24)21-10-11-26-19-22-12-16(23-19)13-6-8-14(20)9-7-13/h2-9,12H,10-11H2,1H3,(H,21,24)(H,22,23). The van der Waals surface area contributed by atoms with E-state index in [4.69, 9.17) is 16.3 Å². The van der Waals surface area contributed by atoms with Gasteiger partial charge in [0.25, 0.3) is 5.91 Å². The topological polar surface area (TPSA) is 67.0 Å². The lowest BCUT2D eigenvalue weighted by atomic mass is 10.2. The van der Waals surface area contributed by atoms with Crippen LogP contribution in [0.25, 0.3) is 11.3 Å². The number of benzene rings is 2. The SMILES string of the molecule is COc1ccccc1C(=O)NCCSc1ncc(-c2ccc(Cl)cc2)[nH]1. The largest absolute Gasteiger partial charge is 0.496 e. The first kappa shape index (κ1) is 18.4. The van der Waals surface area contributed by atoms with Crippen LogP contribution in [0.4, 0.5) is 0 Å². The molecule has 0 aliphatic rings. The lowest BCUT2D eigenvalue weighted by Gasteiger charge is -2.08. The maximum Gasteiger partial charge on any atom is 0.255 e. The molecule has 0 unspecified atom stereocenters. The molecule has 3 aromatic rings. The first-order chi connectivity index (χ1) is 12.7. The van der Waals surface area contributed by atoms with E-state index in [1.54, 1.807) is 37.2 Å². The van der Waals surface area contributed by atoms with Gasteiger partial charge in [-0.15, -0.1) is 0 Å². The zero-order valence-corrected chi connectivity index (χ0v) is 15.7. The Kier molecular flexibility index (Phi) is 6.20. The lowest BCUT2D eigenvalue weighted by Crippen LogP contribution is -2.26. The number of carbonyl (C=O) groups is 1. The van der Waals surface area contributed by atoms with E-state index < -0.39 is 0 Å². The second kappa shape index (κ2) is 8.78. The third kappa shape index (κ3) is 4.59. The van der Waals surface area contributed by atoms with E-state index in [-0.39, 0.29) is 5.91 Å². The van der Waals surface area contributed by atoms with Crippen LogP contribution in [0.1, 0.15) is 10.4 Å². The van der Waals surface area contributed by atoms with Gasteiger partial charge in [0.1, 0.15) is 5.75 Å². The highest BCUT2D eigenvalue weighted by Crippen LogP contribution is 2.23. The molecule has 7 heteroatoms. The highest BCUT2D eigenvalue weighted by molar-refractivity contribution is 7.99. The van der Waals surface area contributed by atoms with Crippen LogP contribution < -0.4 is 10.1 Å². The molecule has 0 saturated carbocycles. The number of rotatable bonds is 7. The molecule has 1 amide bonds. The van der Waals surface area contributed by atoms with Crippen LogP contribution in [0, 0.1) is 0 Å². The van der Waals surface area contributed by atoms with Gasteiger partial charge in [-0.05, 0) is 29.8 Å². The van der Waals surface area contributed by atoms with Gasteiger partial charge in [-0.25, -0.2) is 4.98 Å². The highest BCUT2D eigenvalue weighted by Gasteiger charge is 2.10. The predicted molar refractivity (Wildman–Crippen MR) is 105 cm³/mol. The summed E-state index contributed by atoms with van der Waals surface area (Å²) in [6.07, 6.45) is 1.79. The van der Waals surface area contributed by atoms with Gasteiger partial charge in [0.05, 0.1) is 24.6 Å². The van der Waals surface area contributed by atoms with Gasteiger partial charge < -0.3 is 15.0 Å². The summed E-state index contributed by atoms with van der Waals surface area (Å²) >= 11 is 7.45. The summed E-state index contributed by atoms with van der Waals surface area (Å²) in [5.41, 5.74) is 2.49. The number of para-hydroxylation sites is 1. The van der Waals surface area contributed by atoms with Crippen LogP contribution in [0.2, 0.25) is 5.02 Å². The molecule has 2 N–H and O–H groups in total. The number of imidazole rings is 1. The van der Waals surface area contributed by atoms with Crippen LogP contribution >= 0.6 is 23.4 Å². The molecule has 1 heterocycles. The molecule has 0 saturated heterocycles. The van der Waals surface area contributed by atoms with Crippen molar-refractivity contribution in [1.82, 2.24) is 15.3 Å². The van der Waals surface area contributed by atoms with E-state index in [2.05, 4.69) is 15.3 Å². The Labute approximate surface area is 161 Å². The summed E-state index contributed by atoms with van der Waals surface area (Å²) in [5.74, 6) is 1.12. The van der Waals surface area contributed by atoms with Crippen LogP contribution in [-0.2, 0) is 0 Å². The molecule has 0 radical (unpaired) electrons.